The SMILES string of the molecule is COc1cc2nc(C)nc(Oc3ccc(NC(=O)C4(C(=O)Nc5ccc(F)cc5)CC4)cc3)c2cc1OC. The van der Waals surface area contributed by atoms with Crippen LogP contribution in [0.1, 0.15) is 18.7 Å². The van der Waals surface area contributed by atoms with Gasteiger partial charge in [-0.1, -0.05) is 0 Å². The molecule has 0 atom stereocenters. The highest BCUT2D eigenvalue weighted by Gasteiger charge is 2.56. The summed E-state index contributed by atoms with van der Waals surface area (Å²) < 4.78 is 29.9. The highest BCUT2D eigenvalue weighted by atomic mass is 19.1. The zero-order valence-electron chi connectivity index (χ0n) is 21.0. The molecule has 1 saturated carbocycles. The molecule has 4 aromatic rings. The summed E-state index contributed by atoms with van der Waals surface area (Å²) in [6.45, 7) is 1.77. The first-order valence-electron chi connectivity index (χ1n) is 11.9. The van der Waals surface area contributed by atoms with Crippen LogP contribution in [0.4, 0.5) is 15.8 Å². The molecule has 0 spiro atoms. The maximum atomic E-state index is 13.1. The van der Waals surface area contributed by atoms with E-state index in [1.165, 1.54) is 24.3 Å². The van der Waals surface area contributed by atoms with Crippen molar-refractivity contribution in [1.82, 2.24) is 9.97 Å². The van der Waals surface area contributed by atoms with Crippen molar-refractivity contribution in [2.45, 2.75) is 19.8 Å². The largest absolute Gasteiger partial charge is 0.493 e. The van der Waals surface area contributed by atoms with Crippen LogP contribution in [-0.2, 0) is 9.59 Å². The number of fused-ring (bicyclic) bond motifs is 1. The minimum Gasteiger partial charge on any atom is -0.493 e. The van der Waals surface area contributed by atoms with Crippen LogP contribution in [-0.4, -0.2) is 36.0 Å². The molecule has 0 aliphatic heterocycles. The van der Waals surface area contributed by atoms with Crippen LogP contribution in [0.15, 0.2) is 60.7 Å². The molecular weight excluding hydrogens is 491 g/mol. The lowest BCUT2D eigenvalue weighted by Gasteiger charge is -2.16. The molecule has 0 unspecified atom stereocenters. The van der Waals surface area contributed by atoms with Crippen LogP contribution in [0, 0.1) is 18.2 Å². The molecule has 194 valence electrons. The topological polar surface area (TPSA) is 112 Å². The number of carbonyl (C=O) groups excluding carboxylic acids is 2. The van der Waals surface area contributed by atoms with E-state index >= 15 is 0 Å². The molecule has 9 nitrogen and oxygen atoms in total. The standard InChI is InChI=1S/C28H25FN4O5/c1-16-30-22-15-24(37-3)23(36-2)14-21(22)25(31-16)38-20-10-8-19(9-11-20)33-27(35)28(12-13-28)26(34)32-18-6-4-17(29)5-7-18/h4-11,14-15H,12-13H2,1-3H3,(H,32,34)(H,33,35). The van der Waals surface area contributed by atoms with E-state index in [1.807, 2.05) is 0 Å². The first-order chi connectivity index (χ1) is 18.3. The molecule has 3 aromatic carbocycles. The number of aromatic nitrogens is 2. The molecule has 1 aromatic heterocycles. The Kier molecular flexibility index (Phi) is 6.54. The second-order valence-electron chi connectivity index (χ2n) is 8.92. The third-order valence-electron chi connectivity index (χ3n) is 6.33. The Bertz CT molecular complexity index is 1520. The Morgan fingerprint density at radius 3 is 1.95 bits per heavy atom. The molecule has 1 fully saturated rings. The van der Waals surface area contributed by atoms with Gasteiger partial charge in [-0.3, -0.25) is 9.59 Å². The molecule has 0 radical (unpaired) electrons. The van der Waals surface area contributed by atoms with Crippen molar-refractivity contribution < 1.29 is 28.2 Å². The predicted octanol–water partition coefficient (Wildman–Crippen LogP) is 5.24. The van der Waals surface area contributed by atoms with Crippen molar-refractivity contribution in [2.75, 3.05) is 24.9 Å². The van der Waals surface area contributed by atoms with Crippen molar-refractivity contribution in [1.29, 1.82) is 0 Å². The van der Waals surface area contributed by atoms with Gasteiger partial charge in [-0.2, -0.15) is 4.98 Å². The number of methoxy groups -OCH3 is 2. The third kappa shape index (κ3) is 4.93. The number of hydrogen-bond acceptors (Lipinski definition) is 7. The van der Waals surface area contributed by atoms with Crippen LogP contribution < -0.4 is 24.8 Å². The van der Waals surface area contributed by atoms with E-state index in [0.29, 0.717) is 64.1 Å². The van der Waals surface area contributed by atoms with Gasteiger partial charge in [0.05, 0.1) is 25.1 Å². The molecule has 38 heavy (non-hydrogen) atoms. The summed E-state index contributed by atoms with van der Waals surface area (Å²) in [6.07, 6.45) is 0.864. The Morgan fingerprint density at radius 1 is 0.842 bits per heavy atom. The van der Waals surface area contributed by atoms with E-state index in [1.54, 1.807) is 57.5 Å². The lowest BCUT2D eigenvalue weighted by Crippen LogP contribution is -2.35. The van der Waals surface area contributed by atoms with Crippen molar-refractivity contribution in [2.24, 2.45) is 5.41 Å². The number of carbonyl (C=O) groups is 2. The number of amides is 2. The smallest absolute Gasteiger partial charge is 0.240 e. The predicted molar refractivity (Wildman–Crippen MR) is 139 cm³/mol. The van der Waals surface area contributed by atoms with E-state index < -0.39 is 23.0 Å². The average molecular weight is 517 g/mol. The van der Waals surface area contributed by atoms with Crippen molar-refractivity contribution >= 4 is 34.1 Å². The van der Waals surface area contributed by atoms with Crippen molar-refractivity contribution in [3.63, 3.8) is 0 Å². The monoisotopic (exact) mass is 516 g/mol. The van der Waals surface area contributed by atoms with Gasteiger partial charge in [-0.05, 0) is 74.4 Å². The van der Waals surface area contributed by atoms with Crippen LogP contribution in [0.3, 0.4) is 0 Å². The normalized spacial score (nSPS) is 13.5. The Morgan fingerprint density at radius 2 is 1.39 bits per heavy atom. The van der Waals surface area contributed by atoms with Gasteiger partial charge in [0.25, 0.3) is 0 Å². The Balaban J connectivity index is 1.29. The molecule has 0 bridgehead atoms. The number of ether oxygens (including phenoxy) is 3. The number of aryl methyl sites for hydroxylation is 1. The number of benzene rings is 3. The molecule has 2 N–H and O–H groups in total. The number of nitrogens with one attached hydrogen (secondary N) is 2. The summed E-state index contributed by atoms with van der Waals surface area (Å²) in [5.41, 5.74) is 0.433. The quantitative estimate of drug-likeness (QED) is 0.308. The third-order valence-corrected chi connectivity index (χ3v) is 6.33. The van der Waals surface area contributed by atoms with Gasteiger partial charge in [-0.15, -0.1) is 0 Å². The number of halogens is 1. The molecule has 0 saturated heterocycles. The molecule has 5 rings (SSSR count). The highest BCUT2D eigenvalue weighted by molar-refractivity contribution is 6.16. The summed E-state index contributed by atoms with van der Waals surface area (Å²) in [5.74, 6) is 1.21. The minimum atomic E-state index is -1.15. The van der Waals surface area contributed by atoms with E-state index in [4.69, 9.17) is 14.2 Å². The lowest BCUT2D eigenvalue weighted by atomic mass is 10.0. The van der Waals surface area contributed by atoms with Gasteiger partial charge in [0.15, 0.2) is 11.5 Å². The molecule has 1 heterocycles. The maximum Gasteiger partial charge on any atom is 0.240 e. The van der Waals surface area contributed by atoms with Crippen LogP contribution in [0.2, 0.25) is 0 Å². The fourth-order valence-corrected chi connectivity index (χ4v) is 4.05. The first kappa shape index (κ1) is 24.9. The van der Waals surface area contributed by atoms with E-state index in [0.717, 1.165) is 0 Å². The number of rotatable bonds is 8. The minimum absolute atomic E-state index is 0.347. The fraction of sp³-hybridized carbons (Fsp3) is 0.214. The zero-order chi connectivity index (χ0) is 26.9. The fourth-order valence-electron chi connectivity index (χ4n) is 4.05. The summed E-state index contributed by atoms with van der Waals surface area (Å²) >= 11 is 0. The zero-order valence-corrected chi connectivity index (χ0v) is 21.0. The van der Waals surface area contributed by atoms with Gasteiger partial charge in [-0.25, -0.2) is 9.37 Å². The summed E-state index contributed by atoms with van der Waals surface area (Å²) in [7, 11) is 3.10. The Labute approximate surface area is 218 Å². The van der Waals surface area contributed by atoms with E-state index in [2.05, 4.69) is 20.6 Å². The molecule has 1 aliphatic rings. The van der Waals surface area contributed by atoms with Crippen molar-refractivity contribution in [3.8, 4) is 23.1 Å². The van der Waals surface area contributed by atoms with Gasteiger partial charge in [0.1, 0.15) is 22.8 Å². The van der Waals surface area contributed by atoms with Gasteiger partial charge in [0, 0.05) is 17.4 Å². The van der Waals surface area contributed by atoms with E-state index in [-0.39, 0.29) is 0 Å². The summed E-state index contributed by atoms with van der Waals surface area (Å²) in [6, 6.07) is 15.7. The van der Waals surface area contributed by atoms with Crippen molar-refractivity contribution in [3.05, 3.63) is 72.3 Å². The van der Waals surface area contributed by atoms with Crippen LogP contribution in [0.25, 0.3) is 10.9 Å². The first-order valence-corrected chi connectivity index (χ1v) is 11.9. The molecule has 10 heteroatoms. The number of nitrogens with zero attached hydrogens (tertiary/aromatic N) is 2. The molecular formula is C28H25FN4O5. The average Bonchev–Trinajstić information content (AvgIpc) is 3.73. The van der Waals surface area contributed by atoms with Crippen LogP contribution in [0.5, 0.6) is 23.1 Å². The summed E-state index contributed by atoms with van der Waals surface area (Å²) in [5, 5.41) is 6.15. The molecule has 2 amide bonds. The second-order valence-corrected chi connectivity index (χ2v) is 8.92. The summed E-state index contributed by atoms with van der Waals surface area (Å²) in [4.78, 5) is 34.6. The van der Waals surface area contributed by atoms with Crippen LogP contribution >= 0.6 is 0 Å². The second kappa shape index (κ2) is 9.97. The van der Waals surface area contributed by atoms with Gasteiger partial charge >= 0.3 is 0 Å². The van der Waals surface area contributed by atoms with E-state index in [9.17, 15) is 14.0 Å². The number of hydrogen-bond donors (Lipinski definition) is 2. The highest BCUT2D eigenvalue weighted by Crippen LogP contribution is 2.47. The van der Waals surface area contributed by atoms with Gasteiger partial charge in [0.2, 0.25) is 17.7 Å². The lowest BCUT2D eigenvalue weighted by molar-refractivity contribution is -0.131. The maximum absolute atomic E-state index is 13.1. The molecule has 1 aliphatic carbocycles. The van der Waals surface area contributed by atoms with Gasteiger partial charge < -0.3 is 24.8 Å². The Hall–Kier alpha value is -4.73. The number of anilines is 2.